The summed E-state index contributed by atoms with van der Waals surface area (Å²) in [7, 11) is 1.84. The molecule has 1 amide bonds. The summed E-state index contributed by atoms with van der Waals surface area (Å²) in [6, 6.07) is 0.495. The van der Waals surface area contributed by atoms with E-state index >= 15 is 0 Å². The molecule has 0 bridgehead atoms. The third-order valence-electron chi connectivity index (χ3n) is 3.78. The molecule has 0 aliphatic carbocycles. The van der Waals surface area contributed by atoms with Gasteiger partial charge in [-0.25, -0.2) is 0 Å². The Hall–Kier alpha value is -0.900. The standard InChI is InChI=1S/C14H26N2O2/c1-11(2)15(4)14(18)10-16-8-6-5-7-13(16)9-12(3)17/h11,13H,5-10H2,1-4H3. The molecule has 18 heavy (non-hydrogen) atoms. The first-order valence-electron chi connectivity index (χ1n) is 6.91. The molecule has 0 aromatic carbocycles. The van der Waals surface area contributed by atoms with E-state index in [9.17, 15) is 9.59 Å². The van der Waals surface area contributed by atoms with Crippen molar-refractivity contribution in [3.8, 4) is 0 Å². The molecule has 1 atom stereocenters. The maximum absolute atomic E-state index is 12.1. The highest BCUT2D eigenvalue weighted by Gasteiger charge is 2.26. The minimum Gasteiger partial charge on any atom is -0.342 e. The zero-order valence-corrected chi connectivity index (χ0v) is 12.1. The van der Waals surface area contributed by atoms with Gasteiger partial charge < -0.3 is 4.90 Å². The summed E-state index contributed by atoms with van der Waals surface area (Å²) in [6.07, 6.45) is 3.92. The molecule has 104 valence electrons. The predicted octanol–water partition coefficient (Wildman–Crippen LogP) is 1.69. The molecule has 0 spiro atoms. The summed E-state index contributed by atoms with van der Waals surface area (Å²) >= 11 is 0. The number of carbonyl (C=O) groups excluding carboxylic acids is 2. The van der Waals surface area contributed by atoms with Crippen molar-refractivity contribution < 1.29 is 9.59 Å². The van der Waals surface area contributed by atoms with Crippen LogP contribution in [0.2, 0.25) is 0 Å². The van der Waals surface area contributed by atoms with Crippen LogP contribution in [0.3, 0.4) is 0 Å². The molecule has 4 heteroatoms. The Morgan fingerprint density at radius 2 is 2.00 bits per heavy atom. The van der Waals surface area contributed by atoms with Crippen LogP contribution in [-0.2, 0) is 9.59 Å². The van der Waals surface area contributed by atoms with E-state index in [1.807, 2.05) is 20.9 Å². The van der Waals surface area contributed by atoms with E-state index in [1.54, 1.807) is 11.8 Å². The average Bonchev–Trinajstić information content (AvgIpc) is 2.29. The van der Waals surface area contributed by atoms with Gasteiger partial charge in [0.15, 0.2) is 0 Å². The molecule has 1 rings (SSSR count). The molecule has 1 aliphatic rings. The molecule has 0 aromatic rings. The summed E-state index contributed by atoms with van der Waals surface area (Å²) in [5.74, 6) is 0.372. The van der Waals surface area contributed by atoms with Gasteiger partial charge in [-0.1, -0.05) is 6.42 Å². The lowest BCUT2D eigenvalue weighted by Crippen LogP contribution is -2.47. The minimum atomic E-state index is 0.153. The van der Waals surface area contributed by atoms with Crippen LogP contribution in [0.5, 0.6) is 0 Å². The second-order valence-electron chi connectivity index (χ2n) is 5.62. The van der Waals surface area contributed by atoms with Gasteiger partial charge in [0.05, 0.1) is 6.54 Å². The highest BCUT2D eigenvalue weighted by Crippen LogP contribution is 2.20. The first kappa shape index (κ1) is 15.2. The van der Waals surface area contributed by atoms with Gasteiger partial charge in [0, 0.05) is 25.6 Å². The van der Waals surface area contributed by atoms with Crippen molar-refractivity contribution in [2.75, 3.05) is 20.1 Å². The molecule has 1 saturated heterocycles. The summed E-state index contributed by atoms with van der Waals surface area (Å²) in [5.41, 5.74) is 0. The molecule has 0 radical (unpaired) electrons. The van der Waals surface area contributed by atoms with Gasteiger partial charge in [0.1, 0.15) is 5.78 Å². The van der Waals surface area contributed by atoms with Gasteiger partial charge in [-0.05, 0) is 40.2 Å². The minimum absolute atomic E-state index is 0.153. The summed E-state index contributed by atoms with van der Waals surface area (Å²) in [4.78, 5) is 27.3. The van der Waals surface area contributed by atoms with E-state index in [4.69, 9.17) is 0 Å². The second-order valence-corrected chi connectivity index (χ2v) is 5.62. The number of Topliss-reactive ketones (excluding diaryl/α,β-unsaturated/α-hetero) is 1. The molecular formula is C14H26N2O2. The molecule has 0 saturated carbocycles. The fourth-order valence-corrected chi connectivity index (χ4v) is 2.40. The first-order valence-corrected chi connectivity index (χ1v) is 6.91. The third-order valence-corrected chi connectivity index (χ3v) is 3.78. The number of ketones is 1. The van der Waals surface area contributed by atoms with E-state index < -0.39 is 0 Å². The van der Waals surface area contributed by atoms with Crippen molar-refractivity contribution in [2.24, 2.45) is 0 Å². The van der Waals surface area contributed by atoms with Gasteiger partial charge in [0.25, 0.3) is 0 Å². The number of piperidine rings is 1. The van der Waals surface area contributed by atoms with Crippen LogP contribution in [0.4, 0.5) is 0 Å². The van der Waals surface area contributed by atoms with Crippen molar-refractivity contribution in [2.45, 2.75) is 58.5 Å². The van der Waals surface area contributed by atoms with Crippen molar-refractivity contribution in [3.63, 3.8) is 0 Å². The molecule has 1 heterocycles. The summed E-state index contributed by atoms with van der Waals surface area (Å²) < 4.78 is 0. The monoisotopic (exact) mass is 254 g/mol. The Bertz CT molecular complexity index is 302. The van der Waals surface area contributed by atoms with E-state index in [2.05, 4.69) is 4.90 Å². The van der Waals surface area contributed by atoms with Crippen LogP contribution in [-0.4, -0.2) is 53.7 Å². The van der Waals surface area contributed by atoms with Gasteiger partial charge in [-0.2, -0.15) is 0 Å². The lowest BCUT2D eigenvalue weighted by molar-refractivity contribution is -0.134. The number of likely N-dealkylation sites (tertiary alicyclic amines) is 1. The number of carbonyl (C=O) groups is 2. The van der Waals surface area contributed by atoms with Crippen LogP contribution in [0.15, 0.2) is 0 Å². The molecule has 0 aromatic heterocycles. The van der Waals surface area contributed by atoms with Crippen LogP contribution in [0, 0.1) is 0 Å². The Kier molecular flexibility index (Phi) is 5.79. The maximum atomic E-state index is 12.1. The van der Waals surface area contributed by atoms with Gasteiger partial charge in [-0.3, -0.25) is 14.5 Å². The van der Waals surface area contributed by atoms with E-state index in [-0.39, 0.29) is 23.8 Å². The van der Waals surface area contributed by atoms with Crippen LogP contribution in [0.25, 0.3) is 0 Å². The van der Waals surface area contributed by atoms with E-state index in [0.717, 1.165) is 19.4 Å². The SMILES string of the molecule is CC(=O)CC1CCCCN1CC(=O)N(C)C(C)C. The van der Waals surface area contributed by atoms with Crippen LogP contribution < -0.4 is 0 Å². The van der Waals surface area contributed by atoms with Crippen molar-refractivity contribution in [3.05, 3.63) is 0 Å². The van der Waals surface area contributed by atoms with E-state index in [0.29, 0.717) is 13.0 Å². The highest BCUT2D eigenvalue weighted by molar-refractivity contribution is 5.79. The van der Waals surface area contributed by atoms with Gasteiger partial charge in [0.2, 0.25) is 5.91 Å². The number of nitrogens with zero attached hydrogens (tertiary/aromatic N) is 2. The average molecular weight is 254 g/mol. The molecule has 4 nitrogen and oxygen atoms in total. The number of hydrogen-bond donors (Lipinski definition) is 0. The van der Waals surface area contributed by atoms with Crippen molar-refractivity contribution in [1.29, 1.82) is 0 Å². The molecule has 1 aliphatic heterocycles. The zero-order valence-electron chi connectivity index (χ0n) is 12.1. The van der Waals surface area contributed by atoms with Gasteiger partial charge in [-0.15, -0.1) is 0 Å². The predicted molar refractivity (Wildman–Crippen MR) is 72.4 cm³/mol. The molecular weight excluding hydrogens is 228 g/mol. The van der Waals surface area contributed by atoms with Crippen molar-refractivity contribution >= 4 is 11.7 Å². The van der Waals surface area contributed by atoms with E-state index in [1.165, 1.54) is 6.42 Å². The number of amides is 1. The Morgan fingerprint density at radius 1 is 1.33 bits per heavy atom. The molecule has 0 N–H and O–H groups in total. The fourth-order valence-electron chi connectivity index (χ4n) is 2.40. The Labute approximate surface area is 110 Å². The summed E-state index contributed by atoms with van der Waals surface area (Å²) in [5, 5.41) is 0. The van der Waals surface area contributed by atoms with Crippen molar-refractivity contribution in [1.82, 2.24) is 9.80 Å². The normalized spacial score (nSPS) is 21.1. The lowest BCUT2D eigenvalue weighted by Gasteiger charge is -2.36. The molecule has 1 fully saturated rings. The second kappa shape index (κ2) is 6.88. The third kappa shape index (κ3) is 4.41. The highest BCUT2D eigenvalue weighted by atomic mass is 16.2. The van der Waals surface area contributed by atoms with Gasteiger partial charge >= 0.3 is 0 Å². The largest absolute Gasteiger partial charge is 0.342 e. The first-order chi connectivity index (χ1) is 8.41. The topological polar surface area (TPSA) is 40.6 Å². The number of rotatable bonds is 5. The quantitative estimate of drug-likeness (QED) is 0.749. The Balaban J connectivity index is 2.56. The summed E-state index contributed by atoms with van der Waals surface area (Å²) in [6.45, 7) is 7.05. The smallest absolute Gasteiger partial charge is 0.236 e. The van der Waals surface area contributed by atoms with Crippen LogP contribution >= 0.6 is 0 Å². The maximum Gasteiger partial charge on any atom is 0.236 e. The fraction of sp³-hybridized carbons (Fsp3) is 0.857. The number of likely N-dealkylation sites (N-methyl/N-ethyl adjacent to an activating group) is 1. The number of hydrogen-bond acceptors (Lipinski definition) is 3. The molecule has 1 unspecified atom stereocenters. The van der Waals surface area contributed by atoms with Crippen LogP contribution in [0.1, 0.15) is 46.5 Å². The lowest BCUT2D eigenvalue weighted by atomic mass is 9.98. The zero-order chi connectivity index (χ0) is 13.7. The Morgan fingerprint density at radius 3 is 2.56 bits per heavy atom.